The van der Waals surface area contributed by atoms with Crippen molar-refractivity contribution in [2.24, 2.45) is 11.7 Å². The lowest BCUT2D eigenvalue weighted by atomic mass is 9.74. The number of hydrogen-bond acceptors (Lipinski definition) is 4. The molecule has 28 heavy (non-hydrogen) atoms. The number of rotatable bonds is 5. The van der Waals surface area contributed by atoms with E-state index >= 15 is 0 Å². The van der Waals surface area contributed by atoms with Crippen LogP contribution >= 0.6 is 24.8 Å². The van der Waals surface area contributed by atoms with Gasteiger partial charge >= 0.3 is 0 Å². The quantitative estimate of drug-likeness (QED) is 0.669. The summed E-state index contributed by atoms with van der Waals surface area (Å²) in [5, 5.41) is 12.8. The first-order chi connectivity index (χ1) is 12.5. The third-order valence-electron chi connectivity index (χ3n) is 6.09. The Morgan fingerprint density at radius 1 is 1.18 bits per heavy atom. The van der Waals surface area contributed by atoms with Crippen molar-refractivity contribution in [3.8, 4) is 0 Å². The predicted molar refractivity (Wildman–Crippen MR) is 118 cm³/mol. The van der Waals surface area contributed by atoms with Crippen LogP contribution in [0, 0.1) is 5.92 Å². The summed E-state index contributed by atoms with van der Waals surface area (Å²) in [6.45, 7) is 5.29. The molecule has 1 saturated carbocycles. The minimum absolute atomic E-state index is 0. The van der Waals surface area contributed by atoms with Crippen LogP contribution in [0.1, 0.15) is 56.6 Å². The highest BCUT2D eigenvalue weighted by atomic mass is 35.5. The Bertz CT molecular complexity index is 619. The van der Waals surface area contributed by atoms with Gasteiger partial charge in [0.05, 0.1) is 12.0 Å². The van der Waals surface area contributed by atoms with Gasteiger partial charge in [-0.15, -0.1) is 24.8 Å². The first kappa shape index (κ1) is 25.2. The number of nitrogens with zero attached hydrogens (tertiary/aromatic N) is 1. The molecule has 1 aliphatic carbocycles. The fourth-order valence-electron chi connectivity index (χ4n) is 4.30. The molecule has 3 rings (SSSR count). The lowest BCUT2D eigenvalue weighted by Gasteiger charge is -2.37. The smallest absolute Gasteiger partial charge is 0.225 e. The van der Waals surface area contributed by atoms with Crippen LogP contribution in [-0.4, -0.2) is 40.6 Å². The SMILES string of the molecule is CC1(N)CCCCC1C(=O)NCc1ccccc1CN1CCC(O)CC1.Cl.Cl. The largest absolute Gasteiger partial charge is 0.393 e. The van der Waals surface area contributed by atoms with Crippen LogP contribution in [0.25, 0.3) is 0 Å². The summed E-state index contributed by atoms with van der Waals surface area (Å²) >= 11 is 0. The Morgan fingerprint density at radius 2 is 1.82 bits per heavy atom. The number of aliphatic hydroxyl groups is 1. The van der Waals surface area contributed by atoms with E-state index in [9.17, 15) is 9.90 Å². The molecule has 1 saturated heterocycles. The summed E-state index contributed by atoms with van der Waals surface area (Å²) in [6.07, 6.45) is 5.54. The molecule has 1 amide bonds. The van der Waals surface area contributed by atoms with Crippen LogP contribution in [-0.2, 0) is 17.9 Å². The van der Waals surface area contributed by atoms with Crippen molar-refractivity contribution in [3.05, 3.63) is 35.4 Å². The van der Waals surface area contributed by atoms with E-state index in [1.807, 2.05) is 13.0 Å². The molecule has 7 heteroatoms. The van der Waals surface area contributed by atoms with E-state index in [0.29, 0.717) is 6.54 Å². The molecule has 1 aromatic carbocycles. The first-order valence-corrected chi connectivity index (χ1v) is 9.99. The monoisotopic (exact) mass is 431 g/mol. The van der Waals surface area contributed by atoms with Crippen LogP contribution in [0.3, 0.4) is 0 Å². The maximum absolute atomic E-state index is 12.7. The average molecular weight is 432 g/mol. The lowest BCUT2D eigenvalue weighted by molar-refractivity contribution is -0.128. The summed E-state index contributed by atoms with van der Waals surface area (Å²) in [5.74, 6) is -0.00223. The summed E-state index contributed by atoms with van der Waals surface area (Å²) in [7, 11) is 0. The molecular formula is C21H35Cl2N3O2. The number of amides is 1. The lowest BCUT2D eigenvalue weighted by Crippen LogP contribution is -2.52. The minimum Gasteiger partial charge on any atom is -0.393 e. The topological polar surface area (TPSA) is 78.6 Å². The molecule has 0 aromatic heterocycles. The minimum atomic E-state index is -0.392. The van der Waals surface area contributed by atoms with Crippen LogP contribution in [0.4, 0.5) is 0 Å². The van der Waals surface area contributed by atoms with E-state index in [2.05, 4.69) is 28.4 Å². The zero-order valence-electron chi connectivity index (χ0n) is 16.7. The number of halogens is 2. The van der Waals surface area contributed by atoms with E-state index in [-0.39, 0.29) is 42.7 Å². The van der Waals surface area contributed by atoms with E-state index in [1.54, 1.807) is 0 Å². The highest BCUT2D eigenvalue weighted by molar-refractivity contribution is 5.85. The third kappa shape index (κ3) is 6.60. The summed E-state index contributed by atoms with van der Waals surface area (Å²) < 4.78 is 0. The summed E-state index contributed by atoms with van der Waals surface area (Å²) in [5.41, 5.74) is 8.40. The molecule has 5 nitrogen and oxygen atoms in total. The van der Waals surface area contributed by atoms with E-state index in [0.717, 1.165) is 58.2 Å². The Labute approximate surface area is 181 Å². The summed E-state index contributed by atoms with van der Waals surface area (Å²) in [6, 6.07) is 8.31. The number of hydrogen-bond donors (Lipinski definition) is 3. The molecule has 1 aromatic rings. The Kier molecular flexibility index (Phi) is 10.2. The normalized spacial score (nSPS) is 26.0. The fourth-order valence-corrected chi connectivity index (χ4v) is 4.30. The number of carbonyl (C=O) groups excluding carboxylic acids is 1. The third-order valence-corrected chi connectivity index (χ3v) is 6.09. The number of benzene rings is 1. The van der Waals surface area contributed by atoms with E-state index in [1.165, 1.54) is 11.1 Å². The number of likely N-dealkylation sites (tertiary alicyclic amines) is 1. The van der Waals surface area contributed by atoms with Gasteiger partial charge < -0.3 is 16.2 Å². The number of nitrogens with one attached hydrogen (secondary N) is 1. The molecule has 1 aliphatic heterocycles. The zero-order chi connectivity index (χ0) is 18.6. The van der Waals surface area contributed by atoms with Crippen molar-refractivity contribution in [1.29, 1.82) is 0 Å². The maximum Gasteiger partial charge on any atom is 0.225 e. The van der Waals surface area contributed by atoms with Gasteiger partial charge in [0.2, 0.25) is 5.91 Å². The molecule has 2 aliphatic rings. The Morgan fingerprint density at radius 3 is 2.46 bits per heavy atom. The van der Waals surface area contributed by atoms with Gasteiger partial charge in [-0.05, 0) is 43.7 Å². The second-order valence-corrected chi connectivity index (χ2v) is 8.30. The van der Waals surface area contributed by atoms with Crippen LogP contribution < -0.4 is 11.1 Å². The Hall–Kier alpha value is -0.850. The fraction of sp³-hybridized carbons (Fsp3) is 0.667. The predicted octanol–water partition coefficient (Wildman–Crippen LogP) is 3.01. The highest BCUT2D eigenvalue weighted by Crippen LogP contribution is 2.31. The standard InChI is InChI=1S/C21H33N3O2.2ClH/c1-21(22)11-5-4-8-19(21)20(26)23-14-16-6-2-3-7-17(16)15-24-12-9-18(25)10-13-24;;/h2-3,6-7,18-19,25H,4-5,8-15,22H2,1H3,(H,23,26);2*1H. The molecule has 0 spiro atoms. The number of piperidine rings is 1. The van der Waals surface area contributed by atoms with Gasteiger partial charge in [0.1, 0.15) is 0 Å². The first-order valence-electron chi connectivity index (χ1n) is 9.99. The number of carbonyl (C=O) groups is 1. The Balaban J connectivity index is 0.00000196. The molecule has 160 valence electrons. The van der Waals surface area contributed by atoms with Gasteiger partial charge in [0, 0.05) is 31.7 Å². The molecule has 2 unspecified atom stereocenters. The van der Waals surface area contributed by atoms with Gasteiger partial charge in [0.15, 0.2) is 0 Å². The van der Waals surface area contributed by atoms with Crippen molar-refractivity contribution in [2.75, 3.05) is 13.1 Å². The second-order valence-electron chi connectivity index (χ2n) is 8.30. The van der Waals surface area contributed by atoms with Crippen LogP contribution in [0.5, 0.6) is 0 Å². The molecule has 4 N–H and O–H groups in total. The van der Waals surface area contributed by atoms with Crippen LogP contribution in [0.15, 0.2) is 24.3 Å². The van der Waals surface area contributed by atoms with Crippen molar-refractivity contribution >= 4 is 30.7 Å². The van der Waals surface area contributed by atoms with Crippen molar-refractivity contribution in [1.82, 2.24) is 10.2 Å². The van der Waals surface area contributed by atoms with Crippen molar-refractivity contribution < 1.29 is 9.90 Å². The van der Waals surface area contributed by atoms with Gasteiger partial charge in [-0.3, -0.25) is 9.69 Å². The van der Waals surface area contributed by atoms with Crippen molar-refractivity contribution in [3.63, 3.8) is 0 Å². The summed E-state index contributed by atoms with van der Waals surface area (Å²) in [4.78, 5) is 15.1. The zero-order valence-corrected chi connectivity index (χ0v) is 18.4. The second kappa shape index (κ2) is 11.4. The number of aliphatic hydroxyl groups excluding tert-OH is 1. The van der Waals surface area contributed by atoms with Gasteiger partial charge in [-0.25, -0.2) is 0 Å². The molecule has 1 heterocycles. The highest BCUT2D eigenvalue weighted by Gasteiger charge is 2.37. The van der Waals surface area contributed by atoms with E-state index in [4.69, 9.17) is 5.73 Å². The van der Waals surface area contributed by atoms with Gasteiger partial charge in [-0.1, -0.05) is 37.1 Å². The van der Waals surface area contributed by atoms with Gasteiger partial charge in [-0.2, -0.15) is 0 Å². The molecule has 2 atom stereocenters. The molecule has 2 fully saturated rings. The number of nitrogens with two attached hydrogens (primary N) is 1. The van der Waals surface area contributed by atoms with Gasteiger partial charge in [0.25, 0.3) is 0 Å². The maximum atomic E-state index is 12.7. The molecule has 0 radical (unpaired) electrons. The molecular weight excluding hydrogens is 397 g/mol. The van der Waals surface area contributed by atoms with Crippen molar-refractivity contribution in [2.45, 2.75) is 70.2 Å². The van der Waals surface area contributed by atoms with Crippen LogP contribution in [0.2, 0.25) is 0 Å². The average Bonchev–Trinajstić information content (AvgIpc) is 2.62. The van der Waals surface area contributed by atoms with E-state index < -0.39 is 5.54 Å². The molecule has 0 bridgehead atoms.